The Morgan fingerprint density at radius 2 is 1.81 bits per heavy atom. The highest BCUT2D eigenvalue weighted by Crippen LogP contribution is 2.16. The van der Waals surface area contributed by atoms with Crippen LogP contribution >= 0.6 is 0 Å². The second-order valence-electron chi connectivity index (χ2n) is 6.14. The fraction of sp³-hybridized carbons (Fsp3) is 0.286. The number of amides is 1. The molecule has 0 heterocycles. The fourth-order valence-electron chi connectivity index (χ4n) is 2.69. The molecule has 2 aromatic carbocycles. The first kappa shape index (κ1) is 20.0. The number of nitriles is 1. The van der Waals surface area contributed by atoms with E-state index in [4.69, 9.17) is 14.7 Å². The van der Waals surface area contributed by atoms with Gasteiger partial charge in [0.15, 0.2) is 0 Å². The topological polar surface area (TPSA) is 88.4 Å². The van der Waals surface area contributed by atoms with Crippen molar-refractivity contribution in [3.05, 3.63) is 71.3 Å². The van der Waals surface area contributed by atoms with Crippen LogP contribution in [0.1, 0.15) is 23.6 Å². The van der Waals surface area contributed by atoms with Gasteiger partial charge in [0.2, 0.25) is 0 Å². The zero-order valence-electron chi connectivity index (χ0n) is 15.3. The summed E-state index contributed by atoms with van der Waals surface area (Å²) < 4.78 is 10.1. The molecule has 27 heavy (non-hydrogen) atoms. The van der Waals surface area contributed by atoms with Crippen LogP contribution in [0.4, 0.5) is 4.79 Å². The van der Waals surface area contributed by atoms with Gasteiger partial charge in [0, 0.05) is 6.04 Å². The average molecular weight is 366 g/mol. The number of carbonyl (C=O) groups is 2. The van der Waals surface area contributed by atoms with Crippen molar-refractivity contribution < 1.29 is 19.1 Å². The number of hydrogen-bond acceptors (Lipinski definition) is 5. The number of alkyl carbamates (subject to hydrolysis) is 1. The predicted molar refractivity (Wildman–Crippen MR) is 99.6 cm³/mol. The minimum atomic E-state index is -0.606. The Balaban J connectivity index is 1.99. The SMILES string of the molecule is COC(=O)[C@H](Cc1cccc(C#N)c1)C(C)NC(=O)OCc1ccccc1. The van der Waals surface area contributed by atoms with Crippen molar-refractivity contribution in [1.29, 1.82) is 5.26 Å². The van der Waals surface area contributed by atoms with Gasteiger partial charge in [-0.25, -0.2) is 4.79 Å². The van der Waals surface area contributed by atoms with Gasteiger partial charge in [-0.2, -0.15) is 5.26 Å². The smallest absolute Gasteiger partial charge is 0.407 e. The van der Waals surface area contributed by atoms with E-state index in [0.29, 0.717) is 12.0 Å². The van der Waals surface area contributed by atoms with E-state index in [1.54, 1.807) is 25.1 Å². The molecule has 1 unspecified atom stereocenters. The molecule has 0 spiro atoms. The molecule has 0 radical (unpaired) electrons. The highest BCUT2D eigenvalue weighted by Gasteiger charge is 2.28. The van der Waals surface area contributed by atoms with E-state index in [0.717, 1.165) is 11.1 Å². The van der Waals surface area contributed by atoms with Gasteiger partial charge in [-0.3, -0.25) is 4.79 Å². The number of hydrogen-bond donors (Lipinski definition) is 1. The van der Waals surface area contributed by atoms with Crippen molar-refractivity contribution in [3.8, 4) is 6.07 Å². The van der Waals surface area contributed by atoms with Crippen LogP contribution in [-0.4, -0.2) is 25.2 Å². The minimum absolute atomic E-state index is 0.145. The van der Waals surface area contributed by atoms with Crippen molar-refractivity contribution >= 4 is 12.1 Å². The van der Waals surface area contributed by atoms with Crippen LogP contribution in [0.3, 0.4) is 0 Å². The Kier molecular flexibility index (Phi) is 7.38. The molecule has 0 aliphatic carbocycles. The summed E-state index contributed by atoms with van der Waals surface area (Å²) >= 11 is 0. The molecule has 2 rings (SSSR count). The molecule has 0 aromatic heterocycles. The highest BCUT2D eigenvalue weighted by atomic mass is 16.5. The van der Waals surface area contributed by atoms with Crippen LogP contribution in [0.2, 0.25) is 0 Å². The predicted octanol–water partition coefficient (Wildman–Crippen LogP) is 3.20. The number of esters is 1. The van der Waals surface area contributed by atoms with E-state index >= 15 is 0 Å². The Morgan fingerprint density at radius 1 is 1.11 bits per heavy atom. The molecular formula is C21H22N2O4. The number of rotatable bonds is 7. The van der Waals surface area contributed by atoms with Crippen LogP contribution in [0.5, 0.6) is 0 Å². The van der Waals surface area contributed by atoms with Gasteiger partial charge in [0.1, 0.15) is 6.61 Å². The van der Waals surface area contributed by atoms with Crippen molar-refractivity contribution in [2.45, 2.75) is 26.0 Å². The minimum Gasteiger partial charge on any atom is -0.469 e. The molecule has 0 saturated heterocycles. The van der Waals surface area contributed by atoms with Gasteiger partial charge in [0.05, 0.1) is 24.7 Å². The summed E-state index contributed by atoms with van der Waals surface area (Å²) in [6, 6.07) is 17.9. The van der Waals surface area contributed by atoms with Gasteiger partial charge in [-0.15, -0.1) is 0 Å². The third-order valence-electron chi connectivity index (χ3n) is 4.18. The molecule has 0 aliphatic rings. The maximum absolute atomic E-state index is 12.2. The lowest BCUT2D eigenvalue weighted by Gasteiger charge is -2.23. The first-order valence-corrected chi connectivity index (χ1v) is 8.57. The van der Waals surface area contributed by atoms with Crippen LogP contribution in [0.25, 0.3) is 0 Å². The Hall–Kier alpha value is -3.33. The maximum Gasteiger partial charge on any atom is 0.407 e. The monoisotopic (exact) mass is 366 g/mol. The molecular weight excluding hydrogens is 344 g/mol. The standard InChI is InChI=1S/C21H22N2O4/c1-15(23-21(25)27-14-16-7-4-3-5-8-16)19(20(24)26-2)12-17-9-6-10-18(11-17)13-22/h3-11,15,19H,12,14H2,1-2H3,(H,23,25)/t15?,19-/m1/s1. The summed E-state index contributed by atoms with van der Waals surface area (Å²) in [4.78, 5) is 24.3. The number of methoxy groups -OCH3 is 1. The number of nitrogens with one attached hydrogen (secondary N) is 1. The van der Waals surface area contributed by atoms with Crippen LogP contribution < -0.4 is 5.32 Å². The van der Waals surface area contributed by atoms with Crippen molar-refractivity contribution in [2.75, 3.05) is 7.11 Å². The molecule has 0 saturated carbocycles. The first-order valence-electron chi connectivity index (χ1n) is 8.57. The molecule has 0 aliphatic heterocycles. The van der Waals surface area contributed by atoms with E-state index in [1.165, 1.54) is 7.11 Å². The molecule has 6 nitrogen and oxygen atoms in total. The molecule has 1 N–H and O–H groups in total. The lowest BCUT2D eigenvalue weighted by atomic mass is 9.92. The average Bonchev–Trinajstić information content (AvgIpc) is 2.70. The van der Waals surface area contributed by atoms with E-state index in [9.17, 15) is 9.59 Å². The van der Waals surface area contributed by atoms with Gasteiger partial charge in [-0.1, -0.05) is 42.5 Å². The number of benzene rings is 2. The highest BCUT2D eigenvalue weighted by molar-refractivity contribution is 5.75. The van der Waals surface area contributed by atoms with Crippen molar-refractivity contribution in [3.63, 3.8) is 0 Å². The van der Waals surface area contributed by atoms with Gasteiger partial charge in [0.25, 0.3) is 0 Å². The summed E-state index contributed by atoms with van der Waals surface area (Å²) in [5, 5.41) is 11.7. The molecule has 0 bridgehead atoms. The van der Waals surface area contributed by atoms with Gasteiger partial charge >= 0.3 is 12.1 Å². The normalized spacial score (nSPS) is 12.3. The third kappa shape index (κ3) is 6.15. The zero-order valence-corrected chi connectivity index (χ0v) is 15.3. The first-order chi connectivity index (χ1) is 13.0. The molecule has 2 atom stereocenters. The zero-order chi connectivity index (χ0) is 19.6. The largest absolute Gasteiger partial charge is 0.469 e. The summed E-state index contributed by atoms with van der Waals surface area (Å²) in [6.07, 6.45) is -0.270. The summed E-state index contributed by atoms with van der Waals surface area (Å²) in [5.74, 6) is -1.04. The Morgan fingerprint density at radius 3 is 2.48 bits per heavy atom. The van der Waals surface area contributed by atoms with E-state index in [2.05, 4.69) is 11.4 Å². The second-order valence-corrected chi connectivity index (χ2v) is 6.14. The lowest BCUT2D eigenvalue weighted by Crippen LogP contribution is -2.43. The molecule has 0 fully saturated rings. The van der Waals surface area contributed by atoms with E-state index < -0.39 is 24.0 Å². The van der Waals surface area contributed by atoms with E-state index in [1.807, 2.05) is 36.4 Å². The Labute approximate surface area is 158 Å². The van der Waals surface area contributed by atoms with Crippen molar-refractivity contribution in [2.24, 2.45) is 5.92 Å². The van der Waals surface area contributed by atoms with Crippen LogP contribution in [0, 0.1) is 17.2 Å². The lowest BCUT2D eigenvalue weighted by molar-refractivity contribution is -0.146. The number of carbonyl (C=O) groups excluding carboxylic acids is 2. The maximum atomic E-state index is 12.2. The van der Waals surface area contributed by atoms with Crippen LogP contribution in [0.15, 0.2) is 54.6 Å². The molecule has 140 valence electrons. The molecule has 6 heteroatoms. The summed E-state index contributed by atoms with van der Waals surface area (Å²) in [6.45, 7) is 1.87. The number of nitrogens with zero attached hydrogens (tertiary/aromatic N) is 1. The third-order valence-corrected chi connectivity index (χ3v) is 4.18. The second kappa shape index (κ2) is 9.97. The summed E-state index contributed by atoms with van der Waals surface area (Å²) in [7, 11) is 1.31. The van der Waals surface area contributed by atoms with Gasteiger partial charge in [-0.05, 0) is 36.6 Å². The fourth-order valence-corrected chi connectivity index (χ4v) is 2.69. The van der Waals surface area contributed by atoms with Gasteiger partial charge < -0.3 is 14.8 Å². The summed E-state index contributed by atoms with van der Waals surface area (Å²) in [5.41, 5.74) is 2.20. The van der Waals surface area contributed by atoms with E-state index in [-0.39, 0.29) is 6.61 Å². The Bertz CT molecular complexity index is 814. The molecule has 1 amide bonds. The molecule has 2 aromatic rings. The number of ether oxygens (including phenoxy) is 2. The van der Waals surface area contributed by atoms with Crippen LogP contribution in [-0.2, 0) is 27.3 Å². The quantitative estimate of drug-likeness (QED) is 0.760. The van der Waals surface area contributed by atoms with Crippen molar-refractivity contribution in [1.82, 2.24) is 5.32 Å².